The summed E-state index contributed by atoms with van der Waals surface area (Å²) < 4.78 is 13.0. The molecule has 0 amide bonds. The summed E-state index contributed by atoms with van der Waals surface area (Å²) in [7, 11) is 3.84. The molecule has 0 aliphatic rings. The molecular weight excluding hydrogens is 205 g/mol. The second kappa shape index (κ2) is 4.52. The van der Waals surface area contributed by atoms with Crippen molar-refractivity contribution in [3.63, 3.8) is 0 Å². The first-order chi connectivity index (χ1) is 7.26. The van der Waals surface area contributed by atoms with Gasteiger partial charge in [-0.15, -0.1) is 0 Å². The van der Waals surface area contributed by atoms with Crippen molar-refractivity contribution >= 4 is 0 Å². The molecule has 0 fully saturated rings. The molecule has 2 nitrogen and oxygen atoms in total. The van der Waals surface area contributed by atoms with E-state index < -0.39 is 6.10 Å². The Labute approximate surface area is 96.7 Å². The van der Waals surface area contributed by atoms with Gasteiger partial charge < -0.3 is 10.0 Å². The predicted molar refractivity (Wildman–Crippen MR) is 63.9 cm³/mol. The van der Waals surface area contributed by atoms with Gasteiger partial charge in [0, 0.05) is 5.54 Å². The van der Waals surface area contributed by atoms with Crippen molar-refractivity contribution < 1.29 is 9.50 Å². The lowest BCUT2D eigenvalue weighted by Gasteiger charge is -2.37. The van der Waals surface area contributed by atoms with Crippen LogP contribution in [0, 0.1) is 12.7 Å². The number of rotatable bonds is 3. The lowest BCUT2D eigenvalue weighted by atomic mass is 9.88. The number of nitrogens with zero attached hydrogens (tertiary/aromatic N) is 1. The molecule has 0 saturated heterocycles. The largest absolute Gasteiger partial charge is 0.386 e. The first kappa shape index (κ1) is 13.1. The zero-order chi connectivity index (χ0) is 12.5. The molecule has 1 atom stereocenters. The fraction of sp³-hybridized carbons (Fsp3) is 0.538. The van der Waals surface area contributed by atoms with Gasteiger partial charge in [-0.3, -0.25) is 0 Å². The summed E-state index contributed by atoms with van der Waals surface area (Å²) in [4.78, 5) is 1.96. The minimum atomic E-state index is -0.636. The zero-order valence-electron chi connectivity index (χ0n) is 10.6. The first-order valence-corrected chi connectivity index (χ1v) is 5.38. The third kappa shape index (κ3) is 2.42. The molecule has 1 unspecified atom stereocenters. The van der Waals surface area contributed by atoms with Gasteiger partial charge in [0.25, 0.3) is 0 Å². The second-order valence-electron chi connectivity index (χ2n) is 4.95. The normalized spacial score (nSPS) is 14.2. The van der Waals surface area contributed by atoms with Crippen LogP contribution < -0.4 is 0 Å². The maximum Gasteiger partial charge on any atom is 0.123 e. The number of aliphatic hydroxyl groups is 1. The van der Waals surface area contributed by atoms with Crippen LogP contribution in [0.15, 0.2) is 18.2 Å². The number of hydrogen-bond donors (Lipinski definition) is 1. The molecule has 1 aromatic rings. The van der Waals surface area contributed by atoms with E-state index >= 15 is 0 Å². The van der Waals surface area contributed by atoms with Gasteiger partial charge in [0.05, 0.1) is 6.10 Å². The number of hydrogen-bond acceptors (Lipinski definition) is 2. The van der Waals surface area contributed by atoms with Gasteiger partial charge in [-0.25, -0.2) is 4.39 Å². The van der Waals surface area contributed by atoms with E-state index in [4.69, 9.17) is 0 Å². The van der Waals surface area contributed by atoms with E-state index in [0.717, 1.165) is 11.1 Å². The molecule has 16 heavy (non-hydrogen) atoms. The molecule has 0 aliphatic carbocycles. The van der Waals surface area contributed by atoms with E-state index in [2.05, 4.69) is 0 Å². The van der Waals surface area contributed by atoms with Gasteiger partial charge in [-0.1, -0.05) is 6.07 Å². The highest BCUT2D eigenvalue weighted by Gasteiger charge is 2.32. The molecule has 0 heterocycles. The van der Waals surface area contributed by atoms with E-state index in [1.165, 1.54) is 12.1 Å². The number of aryl methyl sites for hydroxylation is 1. The number of aliphatic hydroxyl groups excluding tert-OH is 1. The Morgan fingerprint density at radius 2 is 1.88 bits per heavy atom. The Balaban J connectivity index is 3.10. The van der Waals surface area contributed by atoms with E-state index in [1.807, 2.05) is 39.8 Å². The molecule has 1 aromatic carbocycles. The van der Waals surface area contributed by atoms with Gasteiger partial charge in [0.2, 0.25) is 0 Å². The lowest BCUT2D eigenvalue weighted by molar-refractivity contribution is 0.0160. The van der Waals surface area contributed by atoms with Gasteiger partial charge in [0.1, 0.15) is 5.82 Å². The Morgan fingerprint density at radius 3 is 2.31 bits per heavy atom. The second-order valence-corrected chi connectivity index (χ2v) is 4.95. The van der Waals surface area contributed by atoms with Crippen LogP contribution in [0.4, 0.5) is 4.39 Å². The molecule has 0 aliphatic heterocycles. The monoisotopic (exact) mass is 225 g/mol. The number of likely N-dealkylation sites (N-methyl/N-ethyl adjacent to an activating group) is 1. The van der Waals surface area contributed by atoms with Gasteiger partial charge in [-0.05, 0) is 58.1 Å². The van der Waals surface area contributed by atoms with Crippen molar-refractivity contribution in [3.8, 4) is 0 Å². The lowest BCUT2D eigenvalue weighted by Crippen LogP contribution is -2.44. The summed E-state index contributed by atoms with van der Waals surface area (Å²) in [5.41, 5.74) is 1.17. The summed E-state index contributed by atoms with van der Waals surface area (Å²) in [6.07, 6.45) is -0.636. The summed E-state index contributed by atoms with van der Waals surface area (Å²) >= 11 is 0. The highest BCUT2D eigenvalue weighted by atomic mass is 19.1. The standard InChI is InChI=1S/C13H20FNO/c1-9-8-10(14)6-7-11(9)12(16)13(2,3)15(4)5/h6-8,12,16H,1-5H3. The predicted octanol–water partition coefficient (Wildman–Crippen LogP) is 2.51. The molecule has 3 heteroatoms. The Kier molecular flexibility index (Phi) is 3.71. The Hall–Kier alpha value is -0.930. The summed E-state index contributed by atoms with van der Waals surface area (Å²) in [6, 6.07) is 4.49. The van der Waals surface area contributed by atoms with Crippen LogP contribution in [0.2, 0.25) is 0 Å². The maximum absolute atomic E-state index is 13.0. The third-order valence-corrected chi connectivity index (χ3v) is 3.35. The van der Waals surface area contributed by atoms with E-state index in [1.54, 1.807) is 6.07 Å². The maximum atomic E-state index is 13.0. The van der Waals surface area contributed by atoms with Gasteiger partial charge >= 0.3 is 0 Å². The van der Waals surface area contributed by atoms with Crippen LogP contribution in [0.25, 0.3) is 0 Å². The van der Waals surface area contributed by atoms with Crippen molar-refractivity contribution in [3.05, 3.63) is 35.1 Å². The van der Waals surface area contributed by atoms with E-state index in [0.29, 0.717) is 0 Å². The van der Waals surface area contributed by atoms with Crippen molar-refractivity contribution in [2.75, 3.05) is 14.1 Å². The topological polar surface area (TPSA) is 23.5 Å². The highest BCUT2D eigenvalue weighted by Crippen LogP contribution is 2.31. The molecule has 1 N–H and O–H groups in total. The zero-order valence-corrected chi connectivity index (χ0v) is 10.6. The fourth-order valence-electron chi connectivity index (χ4n) is 1.57. The van der Waals surface area contributed by atoms with Crippen LogP contribution in [-0.4, -0.2) is 29.6 Å². The molecule has 90 valence electrons. The summed E-state index contributed by atoms with van der Waals surface area (Å²) in [6.45, 7) is 5.73. The average Bonchev–Trinajstić information content (AvgIpc) is 2.16. The molecule has 0 spiro atoms. The van der Waals surface area contributed by atoms with Crippen molar-refractivity contribution in [1.29, 1.82) is 0 Å². The van der Waals surface area contributed by atoms with Gasteiger partial charge in [-0.2, -0.15) is 0 Å². The Morgan fingerprint density at radius 1 is 1.31 bits per heavy atom. The van der Waals surface area contributed by atoms with Crippen LogP contribution >= 0.6 is 0 Å². The summed E-state index contributed by atoms with van der Waals surface area (Å²) in [5, 5.41) is 10.3. The van der Waals surface area contributed by atoms with Gasteiger partial charge in [0.15, 0.2) is 0 Å². The van der Waals surface area contributed by atoms with Crippen molar-refractivity contribution in [1.82, 2.24) is 4.90 Å². The molecule has 0 radical (unpaired) electrons. The summed E-state index contributed by atoms with van der Waals surface area (Å²) in [5.74, 6) is -0.267. The third-order valence-electron chi connectivity index (χ3n) is 3.35. The van der Waals surface area contributed by atoms with Crippen molar-refractivity contribution in [2.45, 2.75) is 32.4 Å². The van der Waals surface area contributed by atoms with Crippen LogP contribution in [0.5, 0.6) is 0 Å². The molecular formula is C13H20FNO. The number of benzene rings is 1. The minimum absolute atomic E-state index is 0.267. The SMILES string of the molecule is Cc1cc(F)ccc1C(O)C(C)(C)N(C)C. The molecule has 0 aromatic heterocycles. The first-order valence-electron chi connectivity index (χ1n) is 5.38. The molecule has 1 rings (SSSR count). The quantitative estimate of drug-likeness (QED) is 0.854. The van der Waals surface area contributed by atoms with Crippen LogP contribution in [-0.2, 0) is 0 Å². The molecule has 0 saturated carbocycles. The van der Waals surface area contributed by atoms with Crippen LogP contribution in [0.3, 0.4) is 0 Å². The van der Waals surface area contributed by atoms with Crippen LogP contribution in [0.1, 0.15) is 31.1 Å². The average molecular weight is 225 g/mol. The fourth-order valence-corrected chi connectivity index (χ4v) is 1.57. The van der Waals surface area contributed by atoms with E-state index in [-0.39, 0.29) is 11.4 Å². The van der Waals surface area contributed by atoms with E-state index in [9.17, 15) is 9.50 Å². The highest BCUT2D eigenvalue weighted by molar-refractivity contribution is 5.30. The Bertz CT molecular complexity index is 374. The molecule has 0 bridgehead atoms. The number of halogens is 1. The smallest absolute Gasteiger partial charge is 0.123 e. The van der Waals surface area contributed by atoms with Crippen molar-refractivity contribution in [2.24, 2.45) is 0 Å². The minimum Gasteiger partial charge on any atom is -0.386 e.